The van der Waals surface area contributed by atoms with E-state index in [9.17, 15) is 4.79 Å². The summed E-state index contributed by atoms with van der Waals surface area (Å²) in [5.41, 5.74) is 5.72. The number of rotatable bonds is 13. The Morgan fingerprint density at radius 2 is 1.33 bits per heavy atom. The second-order valence-electron chi connectivity index (χ2n) is 6.12. The Morgan fingerprint density at radius 3 is 1.76 bits per heavy atom. The van der Waals surface area contributed by atoms with Crippen LogP contribution in [0, 0.1) is 5.92 Å². The van der Waals surface area contributed by atoms with E-state index in [-0.39, 0.29) is 24.3 Å². The van der Waals surface area contributed by atoms with Crippen LogP contribution in [-0.2, 0) is 9.53 Å². The maximum atomic E-state index is 11.5. The lowest BCUT2D eigenvalue weighted by Crippen LogP contribution is -2.37. The molecule has 3 nitrogen and oxygen atoms in total. The Bertz CT molecular complexity index is 235. The Kier molecular flexibility index (Phi) is 17.6. The van der Waals surface area contributed by atoms with Crippen LogP contribution in [0.25, 0.3) is 0 Å². The molecule has 0 saturated carbocycles. The fraction of sp³-hybridized carbons (Fsp3) is 0.941. The lowest BCUT2D eigenvalue weighted by molar-refractivity contribution is -0.146. The van der Waals surface area contributed by atoms with E-state index in [2.05, 4.69) is 6.92 Å². The Morgan fingerprint density at radius 1 is 0.905 bits per heavy atom. The summed E-state index contributed by atoms with van der Waals surface area (Å²) in [6.45, 7) is 6.65. The van der Waals surface area contributed by atoms with Gasteiger partial charge < -0.3 is 10.5 Å². The van der Waals surface area contributed by atoms with Gasteiger partial charge in [0.2, 0.25) is 0 Å². The normalized spacial score (nSPS) is 12.0. The van der Waals surface area contributed by atoms with Crippen LogP contribution >= 0.6 is 12.4 Å². The van der Waals surface area contributed by atoms with Crippen LogP contribution < -0.4 is 5.73 Å². The summed E-state index contributed by atoms with van der Waals surface area (Å²) < 4.78 is 5.17. The third kappa shape index (κ3) is 14.4. The van der Waals surface area contributed by atoms with Gasteiger partial charge >= 0.3 is 5.97 Å². The second-order valence-corrected chi connectivity index (χ2v) is 6.12. The predicted molar refractivity (Wildman–Crippen MR) is 92.9 cm³/mol. The van der Waals surface area contributed by atoms with Crippen molar-refractivity contribution < 1.29 is 9.53 Å². The summed E-state index contributed by atoms with van der Waals surface area (Å²) >= 11 is 0. The molecule has 0 aliphatic carbocycles. The van der Waals surface area contributed by atoms with Crippen LogP contribution in [-0.4, -0.2) is 18.6 Å². The van der Waals surface area contributed by atoms with Crippen molar-refractivity contribution in [2.75, 3.05) is 6.61 Å². The van der Waals surface area contributed by atoms with Gasteiger partial charge in [0.25, 0.3) is 0 Å². The minimum Gasteiger partial charge on any atom is -0.465 e. The molecule has 0 aromatic rings. The average molecular weight is 322 g/mol. The smallest absolute Gasteiger partial charge is 0.323 e. The molecule has 4 heteroatoms. The molecule has 0 aliphatic heterocycles. The second kappa shape index (κ2) is 16.1. The molecule has 128 valence electrons. The molecule has 1 atom stereocenters. The van der Waals surface area contributed by atoms with Gasteiger partial charge in [0.1, 0.15) is 6.04 Å². The molecule has 0 bridgehead atoms. The number of hydrogen-bond donors (Lipinski definition) is 1. The zero-order chi connectivity index (χ0) is 15.2. The van der Waals surface area contributed by atoms with E-state index < -0.39 is 6.04 Å². The molecular weight excluding hydrogens is 286 g/mol. The third-order valence-electron chi connectivity index (χ3n) is 3.73. The monoisotopic (exact) mass is 321 g/mol. The van der Waals surface area contributed by atoms with E-state index in [0.29, 0.717) is 6.61 Å². The highest BCUT2D eigenvalue weighted by Gasteiger charge is 2.18. The number of carbonyl (C=O) groups excluding carboxylic acids is 1. The van der Waals surface area contributed by atoms with Crippen molar-refractivity contribution in [1.29, 1.82) is 0 Å². The summed E-state index contributed by atoms with van der Waals surface area (Å²) in [6, 6.07) is -0.474. The van der Waals surface area contributed by atoms with Crippen LogP contribution in [0.4, 0.5) is 0 Å². The first-order valence-corrected chi connectivity index (χ1v) is 8.51. The predicted octanol–water partition coefficient (Wildman–Crippen LogP) is 4.86. The van der Waals surface area contributed by atoms with E-state index in [1.807, 2.05) is 13.8 Å². The highest BCUT2D eigenvalue weighted by molar-refractivity contribution is 5.85. The highest BCUT2D eigenvalue weighted by atomic mass is 35.5. The summed E-state index contributed by atoms with van der Waals surface area (Å²) in [6.07, 6.45) is 12.9. The average Bonchev–Trinajstić information content (AvgIpc) is 2.43. The van der Waals surface area contributed by atoms with Crippen molar-refractivity contribution in [2.24, 2.45) is 11.7 Å². The van der Waals surface area contributed by atoms with Gasteiger partial charge in [-0.25, -0.2) is 0 Å². The maximum Gasteiger partial charge on any atom is 0.323 e. The van der Waals surface area contributed by atoms with E-state index in [4.69, 9.17) is 10.5 Å². The molecule has 0 rings (SSSR count). The van der Waals surface area contributed by atoms with Gasteiger partial charge in [-0.3, -0.25) is 4.79 Å². The van der Waals surface area contributed by atoms with Crippen molar-refractivity contribution in [3.63, 3.8) is 0 Å². The molecule has 0 aromatic heterocycles. The van der Waals surface area contributed by atoms with Crippen LogP contribution in [0.1, 0.15) is 85.0 Å². The largest absolute Gasteiger partial charge is 0.465 e. The molecule has 2 N–H and O–H groups in total. The standard InChI is InChI=1S/C17H35NO2.ClH/c1-4-5-6-7-8-9-10-11-12-13-14-20-17(19)16(18)15(2)3;/h15-16H,4-14,18H2,1-3H3;1H/t16-;/m0./s1. The Hall–Kier alpha value is -0.280. The first-order chi connectivity index (χ1) is 9.59. The van der Waals surface area contributed by atoms with Crippen molar-refractivity contribution in [3.8, 4) is 0 Å². The molecule has 0 unspecified atom stereocenters. The number of nitrogens with two attached hydrogens (primary N) is 1. The summed E-state index contributed by atoms with van der Waals surface area (Å²) in [7, 11) is 0. The van der Waals surface area contributed by atoms with Crippen LogP contribution in [0.2, 0.25) is 0 Å². The SMILES string of the molecule is CCCCCCCCCCCCOC(=O)[C@@H](N)C(C)C.Cl. The minimum absolute atomic E-state index is 0. The van der Waals surface area contributed by atoms with Crippen LogP contribution in [0.3, 0.4) is 0 Å². The highest BCUT2D eigenvalue weighted by Crippen LogP contribution is 2.10. The van der Waals surface area contributed by atoms with Crippen molar-refractivity contribution in [2.45, 2.75) is 91.0 Å². The van der Waals surface area contributed by atoms with E-state index >= 15 is 0 Å². The number of halogens is 1. The van der Waals surface area contributed by atoms with E-state index in [1.165, 1.54) is 51.4 Å². The van der Waals surface area contributed by atoms with Gasteiger partial charge in [0, 0.05) is 0 Å². The maximum absolute atomic E-state index is 11.5. The third-order valence-corrected chi connectivity index (χ3v) is 3.73. The van der Waals surface area contributed by atoms with Gasteiger partial charge in [-0.05, 0) is 12.3 Å². The van der Waals surface area contributed by atoms with Crippen molar-refractivity contribution >= 4 is 18.4 Å². The fourth-order valence-corrected chi connectivity index (χ4v) is 2.13. The number of hydrogen-bond acceptors (Lipinski definition) is 3. The molecule has 0 amide bonds. The lowest BCUT2D eigenvalue weighted by atomic mass is 10.1. The quantitative estimate of drug-likeness (QED) is 0.389. The number of carbonyl (C=O) groups is 1. The summed E-state index contributed by atoms with van der Waals surface area (Å²) in [5.74, 6) is -0.105. The first-order valence-electron chi connectivity index (χ1n) is 8.51. The van der Waals surface area contributed by atoms with Crippen molar-refractivity contribution in [3.05, 3.63) is 0 Å². The summed E-state index contributed by atoms with van der Waals surface area (Å²) in [4.78, 5) is 11.5. The Labute approximate surface area is 137 Å². The van der Waals surface area contributed by atoms with Gasteiger partial charge in [0.05, 0.1) is 6.61 Å². The van der Waals surface area contributed by atoms with Crippen LogP contribution in [0.15, 0.2) is 0 Å². The number of esters is 1. The minimum atomic E-state index is -0.474. The van der Waals surface area contributed by atoms with Gasteiger partial charge in [0.15, 0.2) is 0 Å². The van der Waals surface area contributed by atoms with E-state index in [1.54, 1.807) is 0 Å². The molecule has 0 fully saturated rings. The molecular formula is C17H36ClNO2. The van der Waals surface area contributed by atoms with Gasteiger partial charge in [-0.2, -0.15) is 0 Å². The molecule has 0 spiro atoms. The van der Waals surface area contributed by atoms with Gasteiger partial charge in [-0.1, -0.05) is 78.6 Å². The van der Waals surface area contributed by atoms with Crippen LogP contribution in [0.5, 0.6) is 0 Å². The zero-order valence-corrected chi connectivity index (χ0v) is 15.1. The number of ether oxygens (including phenoxy) is 1. The lowest BCUT2D eigenvalue weighted by Gasteiger charge is -2.14. The summed E-state index contributed by atoms with van der Waals surface area (Å²) in [5, 5.41) is 0. The topological polar surface area (TPSA) is 52.3 Å². The molecule has 0 aliphatic rings. The van der Waals surface area contributed by atoms with Gasteiger partial charge in [-0.15, -0.1) is 12.4 Å². The first kappa shape index (κ1) is 23.0. The zero-order valence-electron chi connectivity index (χ0n) is 14.2. The van der Waals surface area contributed by atoms with E-state index in [0.717, 1.165) is 12.8 Å². The Balaban J connectivity index is 0. The van der Waals surface area contributed by atoms with Crippen molar-refractivity contribution in [1.82, 2.24) is 0 Å². The number of unbranched alkanes of at least 4 members (excludes halogenated alkanes) is 9. The fourth-order valence-electron chi connectivity index (χ4n) is 2.13. The molecule has 0 radical (unpaired) electrons. The molecule has 0 saturated heterocycles. The molecule has 21 heavy (non-hydrogen) atoms. The molecule has 0 heterocycles. The molecule has 0 aromatic carbocycles.